The van der Waals surface area contributed by atoms with Gasteiger partial charge in [0.2, 0.25) is 5.95 Å². The highest BCUT2D eigenvalue weighted by Gasteiger charge is 1.99. The van der Waals surface area contributed by atoms with Gasteiger partial charge in [-0.15, -0.1) is 0 Å². The molecule has 5 nitrogen and oxygen atoms in total. The smallest absolute Gasteiger partial charge is 0.226 e. The highest BCUT2D eigenvalue weighted by Crippen LogP contribution is 2.07. The van der Waals surface area contributed by atoms with Crippen LogP contribution in [0.2, 0.25) is 0 Å². The van der Waals surface area contributed by atoms with E-state index < -0.39 is 0 Å². The average molecular weight is 209 g/mol. The van der Waals surface area contributed by atoms with Gasteiger partial charge in [-0.2, -0.15) is 4.98 Å². The van der Waals surface area contributed by atoms with Crippen LogP contribution < -0.4 is 16.0 Å². The van der Waals surface area contributed by atoms with Gasteiger partial charge in [-0.1, -0.05) is 0 Å². The van der Waals surface area contributed by atoms with Crippen LogP contribution in [0.1, 0.15) is 12.8 Å². The van der Waals surface area contributed by atoms with Gasteiger partial charge in [-0.05, 0) is 25.5 Å². The quantitative estimate of drug-likeness (QED) is 0.675. The molecular weight excluding hydrogens is 190 g/mol. The monoisotopic (exact) mass is 209 g/mol. The molecule has 0 aromatic carbocycles. The minimum absolute atomic E-state index is 0.721. The first kappa shape index (κ1) is 11.7. The van der Waals surface area contributed by atoms with Gasteiger partial charge in [0.15, 0.2) is 0 Å². The third kappa shape index (κ3) is 4.12. The van der Waals surface area contributed by atoms with Gasteiger partial charge in [0, 0.05) is 26.8 Å². The standard InChI is InChI=1S/C10H19N5/c1-15(2)10-13-8-5-9(14-10)12-7-4-3-6-11/h5,8H,3-4,6-7,11H2,1-2H3,(H,12,13,14). The first-order valence-electron chi connectivity index (χ1n) is 5.18. The molecule has 0 fully saturated rings. The number of anilines is 2. The van der Waals surface area contributed by atoms with Crippen LogP contribution in [-0.4, -0.2) is 37.2 Å². The van der Waals surface area contributed by atoms with Gasteiger partial charge < -0.3 is 16.0 Å². The van der Waals surface area contributed by atoms with Crippen LogP contribution in [0.25, 0.3) is 0 Å². The fourth-order valence-corrected chi connectivity index (χ4v) is 1.15. The lowest BCUT2D eigenvalue weighted by atomic mass is 10.3. The molecule has 0 aliphatic heterocycles. The Hall–Kier alpha value is -1.36. The molecule has 0 saturated heterocycles. The number of rotatable bonds is 6. The first-order chi connectivity index (χ1) is 7.24. The predicted molar refractivity (Wildman–Crippen MR) is 63.1 cm³/mol. The summed E-state index contributed by atoms with van der Waals surface area (Å²) in [7, 11) is 3.85. The zero-order chi connectivity index (χ0) is 11.1. The van der Waals surface area contributed by atoms with Crippen LogP contribution in [0, 0.1) is 0 Å². The molecule has 1 rings (SSSR count). The molecular formula is C10H19N5. The van der Waals surface area contributed by atoms with Crippen molar-refractivity contribution in [1.82, 2.24) is 9.97 Å². The molecule has 0 amide bonds. The number of hydrogen-bond donors (Lipinski definition) is 2. The molecule has 0 spiro atoms. The molecule has 84 valence electrons. The molecule has 1 aromatic heterocycles. The minimum Gasteiger partial charge on any atom is -0.370 e. The Morgan fingerprint density at radius 3 is 2.87 bits per heavy atom. The summed E-state index contributed by atoms with van der Waals surface area (Å²) in [5, 5.41) is 3.24. The van der Waals surface area contributed by atoms with E-state index in [0.717, 1.165) is 37.7 Å². The summed E-state index contributed by atoms with van der Waals surface area (Å²) in [6, 6.07) is 1.87. The highest BCUT2D eigenvalue weighted by atomic mass is 15.2. The summed E-state index contributed by atoms with van der Waals surface area (Å²) >= 11 is 0. The second kappa shape index (κ2) is 6.19. The zero-order valence-corrected chi connectivity index (χ0v) is 9.40. The number of unbranched alkanes of at least 4 members (excludes halogenated alkanes) is 1. The van der Waals surface area contributed by atoms with Crippen LogP contribution in [0.5, 0.6) is 0 Å². The summed E-state index contributed by atoms with van der Waals surface area (Å²) in [6.45, 7) is 1.65. The topological polar surface area (TPSA) is 67.1 Å². The molecule has 0 aliphatic rings. The van der Waals surface area contributed by atoms with Gasteiger partial charge in [-0.3, -0.25) is 0 Å². The normalized spacial score (nSPS) is 10.1. The molecule has 0 aliphatic carbocycles. The Bertz CT molecular complexity index is 287. The molecule has 0 radical (unpaired) electrons. The average Bonchev–Trinajstić information content (AvgIpc) is 2.25. The van der Waals surface area contributed by atoms with E-state index in [1.807, 2.05) is 25.1 Å². The van der Waals surface area contributed by atoms with E-state index in [9.17, 15) is 0 Å². The number of nitrogens with two attached hydrogens (primary N) is 1. The SMILES string of the molecule is CN(C)c1nccc(NCCCCN)n1. The van der Waals surface area contributed by atoms with Crippen molar-refractivity contribution in [3.8, 4) is 0 Å². The number of hydrogen-bond acceptors (Lipinski definition) is 5. The summed E-state index contributed by atoms with van der Waals surface area (Å²) in [6.07, 6.45) is 3.87. The van der Waals surface area contributed by atoms with Crippen molar-refractivity contribution in [2.75, 3.05) is 37.4 Å². The summed E-state index contributed by atoms with van der Waals surface area (Å²) < 4.78 is 0. The molecule has 0 unspecified atom stereocenters. The third-order valence-electron chi connectivity index (χ3n) is 1.98. The van der Waals surface area contributed by atoms with Gasteiger partial charge in [0.25, 0.3) is 0 Å². The zero-order valence-electron chi connectivity index (χ0n) is 9.40. The molecule has 15 heavy (non-hydrogen) atoms. The summed E-state index contributed by atoms with van der Waals surface area (Å²) in [5.74, 6) is 1.59. The van der Waals surface area contributed by atoms with E-state index in [1.165, 1.54) is 0 Å². The van der Waals surface area contributed by atoms with E-state index in [1.54, 1.807) is 6.20 Å². The van der Waals surface area contributed by atoms with Crippen molar-refractivity contribution in [1.29, 1.82) is 0 Å². The van der Waals surface area contributed by atoms with Gasteiger partial charge >= 0.3 is 0 Å². The molecule has 0 atom stereocenters. The van der Waals surface area contributed by atoms with Crippen LogP contribution >= 0.6 is 0 Å². The Morgan fingerprint density at radius 1 is 1.40 bits per heavy atom. The van der Waals surface area contributed by atoms with Crippen molar-refractivity contribution in [2.24, 2.45) is 5.73 Å². The van der Waals surface area contributed by atoms with E-state index in [2.05, 4.69) is 15.3 Å². The number of nitrogens with one attached hydrogen (secondary N) is 1. The third-order valence-corrected chi connectivity index (χ3v) is 1.98. The summed E-state index contributed by atoms with van der Waals surface area (Å²) in [4.78, 5) is 10.4. The van der Waals surface area contributed by atoms with Gasteiger partial charge in [-0.25, -0.2) is 4.98 Å². The van der Waals surface area contributed by atoms with E-state index >= 15 is 0 Å². The maximum Gasteiger partial charge on any atom is 0.226 e. The van der Waals surface area contributed by atoms with Gasteiger partial charge in [0.1, 0.15) is 5.82 Å². The lowest BCUT2D eigenvalue weighted by Gasteiger charge is -2.11. The van der Waals surface area contributed by atoms with Crippen LogP contribution in [0.3, 0.4) is 0 Å². The van der Waals surface area contributed by atoms with E-state index in [0.29, 0.717) is 0 Å². The molecule has 0 saturated carbocycles. The number of aromatic nitrogens is 2. The van der Waals surface area contributed by atoms with Crippen molar-refractivity contribution in [3.63, 3.8) is 0 Å². The van der Waals surface area contributed by atoms with Crippen LogP contribution in [0.15, 0.2) is 12.3 Å². The van der Waals surface area contributed by atoms with E-state index in [-0.39, 0.29) is 0 Å². The lowest BCUT2D eigenvalue weighted by molar-refractivity contribution is 0.772. The van der Waals surface area contributed by atoms with Crippen molar-refractivity contribution in [2.45, 2.75) is 12.8 Å². The second-order valence-electron chi connectivity index (χ2n) is 3.56. The molecule has 1 aromatic rings. The van der Waals surface area contributed by atoms with E-state index in [4.69, 9.17) is 5.73 Å². The predicted octanol–water partition coefficient (Wildman–Crippen LogP) is 0.693. The fraction of sp³-hybridized carbons (Fsp3) is 0.600. The van der Waals surface area contributed by atoms with Gasteiger partial charge in [0.05, 0.1) is 0 Å². The maximum atomic E-state index is 5.41. The van der Waals surface area contributed by atoms with Crippen LogP contribution in [0.4, 0.5) is 11.8 Å². The Labute approximate surface area is 90.7 Å². The summed E-state index contributed by atoms with van der Waals surface area (Å²) in [5.41, 5.74) is 5.41. The highest BCUT2D eigenvalue weighted by molar-refractivity contribution is 5.40. The largest absolute Gasteiger partial charge is 0.370 e. The second-order valence-corrected chi connectivity index (χ2v) is 3.56. The minimum atomic E-state index is 0.721. The number of nitrogens with zero attached hydrogens (tertiary/aromatic N) is 3. The van der Waals surface area contributed by atoms with Crippen LogP contribution in [-0.2, 0) is 0 Å². The Kier molecular flexibility index (Phi) is 4.83. The Morgan fingerprint density at radius 2 is 2.20 bits per heavy atom. The molecule has 5 heteroatoms. The molecule has 0 bridgehead atoms. The molecule has 3 N–H and O–H groups in total. The first-order valence-corrected chi connectivity index (χ1v) is 5.18. The fourth-order valence-electron chi connectivity index (χ4n) is 1.15. The lowest BCUT2D eigenvalue weighted by Crippen LogP contribution is -2.14. The molecule has 1 heterocycles. The Balaban J connectivity index is 2.43. The maximum absolute atomic E-state index is 5.41. The van der Waals surface area contributed by atoms with Crippen molar-refractivity contribution in [3.05, 3.63) is 12.3 Å². The van der Waals surface area contributed by atoms with Crippen molar-refractivity contribution < 1.29 is 0 Å². The van der Waals surface area contributed by atoms with Crippen molar-refractivity contribution >= 4 is 11.8 Å².